The Morgan fingerprint density at radius 1 is 1.44 bits per heavy atom. The predicted octanol–water partition coefficient (Wildman–Crippen LogP) is 2.56. The molecule has 0 aliphatic carbocycles. The molecular weight excluding hydrogens is 200 g/mol. The van der Waals surface area contributed by atoms with Crippen LogP contribution < -0.4 is 11.1 Å². The van der Waals surface area contributed by atoms with Gasteiger partial charge in [0.05, 0.1) is 12.1 Å². The molecule has 2 rings (SSSR count). The zero-order valence-corrected chi connectivity index (χ0v) is 10.0. The van der Waals surface area contributed by atoms with Gasteiger partial charge in [0.2, 0.25) is 0 Å². The van der Waals surface area contributed by atoms with Crippen LogP contribution in [0.2, 0.25) is 0 Å². The second-order valence-electron chi connectivity index (χ2n) is 4.86. The Hall–Kier alpha value is -1.22. The molecule has 3 heteroatoms. The van der Waals surface area contributed by atoms with Gasteiger partial charge < -0.3 is 15.8 Å². The van der Waals surface area contributed by atoms with Crippen molar-refractivity contribution in [3.05, 3.63) is 23.8 Å². The van der Waals surface area contributed by atoms with Gasteiger partial charge in [0.15, 0.2) is 0 Å². The van der Waals surface area contributed by atoms with E-state index in [1.54, 1.807) is 0 Å². The first-order chi connectivity index (χ1) is 7.61. The molecule has 0 saturated carbocycles. The van der Waals surface area contributed by atoms with Crippen molar-refractivity contribution in [2.24, 2.45) is 0 Å². The fraction of sp³-hybridized carbons (Fsp3) is 0.538. The highest BCUT2D eigenvalue weighted by Crippen LogP contribution is 2.28. The molecule has 1 saturated heterocycles. The molecule has 0 bridgehead atoms. The normalized spacial score (nSPS) is 25.4. The van der Waals surface area contributed by atoms with Crippen LogP contribution in [0.25, 0.3) is 0 Å². The van der Waals surface area contributed by atoms with Crippen molar-refractivity contribution < 1.29 is 4.74 Å². The van der Waals surface area contributed by atoms with Crippen LogP contribution in [0, 0.1) is 6.92 Å². The molecule has 1 aliphatic rings. The average Bonchev–Trinajstić information content (AvgIpc) is 2.26. The molecule has 1 heterocycles. The average molecular weight is 220 g/mol. The third kappa shape index (κ3) is 2.30. The summed E-state index contributed by atoms with van der Waals surface area (Å²) in [6.07, 6.45) is 2.26. The monoisotopic (exact) mass is 220 g/mol. The summed E-state index contributed by atoms with van der Waals surface area (Å²) in [7, 11) is 0. The number of anilines is 2. The van der Waals surface area contributed by atoms with Crippen LogP contribution in [0.15, 0.2) is 18.2 Å². The lowest BCUT2D eigenvalue weighted by molar-refractivity contribution is 0.0540. The van der Waals surface area contributed by atoms with E-state index in [1.165, 1.54) is 0 Å². The van der Waals surface area contributed by atoms with E-state index in [0.29, 0.717) is 0 Å². The molecule has 1 aliphatic heterocycles. The van der Waals surface area contributed by atoms with Crippen LogP contribution in [0.4, 0.5) is 11.4 Å². The van der Waals surface area contributed by atoms with E-state index >= 15 is 0 Å². The molecule has 0 amide bonds. The smallest absolute Gasteiger partial charge is 0.0693 e. The molecule has 0 spiro atoms. The number of nitrogens with one attached hydrogen (secondary N) is 1. The Balaban J connectivity index is 2.16. The van der Waals surface area contributed by atoms with Crippen molar-refractivity contribution in [2.75, 3.05) is 24.3 Å². The molecule has 3 nitrogen and oxygen atoms in total. The lowest BCUT2D eigenvalue weighted by Gasteiger charge is -2.35. The molecule has 1 aromatic carbocycles. The maximum atomic E-state index is 5.90. The van der Waals surface area contributed by atoms with Crippen molar-refractivity contribution in [3.63, 3.8) is 0 Å². The molecular formula is C13H20N2O. The molecule has 88 valence electrons. The molecule has 1 aromatic rings. The van der Waals surface area contributed by atoms with E-state index in [9.17, 15) is 0 Å². The Labute approximate surface area is 97.0 Å². The number of hydrogen-bond acceptors (Lipinski definition) is 3. The summed E-state index contributed by atoms with van der Waals surface area (Å²) in [4.78, 5) is 0. The van der Waals surface area contributed by atoms with E-state index in [1.807, 2.05) is 19.1 Å². The molecule has 0 radical (unpaired) electrons. The topological polar surface area (TPSA) is 47.3 Å². The minimum absolute atomic E-state index is 0.0385. The maximum absolute atomic E-state index is 5.90. The first-order valence-electron chi connectivity index (χ1n) is 5.82. The minimum atomic E-state index is 0.0385. The van der Waals surface area contributed by atoms with E-state index in [0.717, 1.165) is 43.0 Å². The van der Waals surface area contributed by atoms with Crippen LogP contribution in [0.5, 0.6) is 0 Å². The van der Waals surface area contributed by atoms with Gasteiger partial charge in [0.1, 0.15) is 0 Å². The summed E-state index contributed by atoms with van der Waals surface area (Å²) in [6, 6.07) is 5.99. The standard InChI is InChI=1S/C13H20N2O/c1-10-11(14)5-3-6-12(10)15-13(2)7-4-8-16-9-13/h3,5-6,15H,4,7-9,14H2,1-2H3. The van der Waals surface area contributed by atoms with Crippen LogP contribution in [0.1, 0.15) is 25.3 Å². The van der Waals surface area contributed by atoms with Crippen molar-refractivity contribution in [1.82, 2.24) is 0 Å². The van der Waals surface area contributed by atoms with E-state index in [4.69, 9.17) is 10.5 Å². The second kappa shape index (κ2) is 4.34. The molecule has 3 N–H and O–H groups in total. The fourth-order valence-corrected chi connectivity index (χ4v) is 2.15. The summed E-state index contributed by atoms with van der Waals surface area (Å²) in [6.45, 7) is 5.90. The van der Waals surface area contributed by atoms with E-state index < -0.39 is 0 Å². The van der Waals surface area contributed by atoms with Crippen LogP contribution in [0.3, 0.4) is 0 Å². The van der Waals surface area contributed by atoms with E-state index in [2.05, 4.69) is 18.3 Å². The summed E-state index contributed by atoms with van der Waals surface area (Å²) in [5, 5.41) is 3.56. The molecule has 0 aromatic heterocycles. The number of nitrogens with two attached hydrogens (primary N) is 1. The number of rotatable bonds is 2. The Morgan fingerprint density at radius 2 is 2.25 bits per heavy atom. The second-order valence-corrected chi connectivity index (χ2v) is 4.86. The zero-order valence-electron chi connectivity index (χ0n) is 10.0. The lowest BCUT2D eigenvalue weighted by atomic mass is 9.94. The van der Waals surface area contributed by atoms with Crippen molar-refractivity contribution in [3.8, 4) is 0 Å². The Kier molecular flexibility index (Phi) is 3.06. The number of hydrogen-bond donors (Lipinski definition) is 2. The highest BCUT2D eigenvalue weighted by atomic mass is 16.5. The van der Waals surface area contributed by atoms with Gasteiger partial charge in [-0.1, -0.05) is 6.07 Å². The lowest BCUT2D eigenvalue weighted by Crippen LogP contribution is -2.43. The minimum Gasteiger partial charge on any atom is -0.398 e. The first kappa shape index (κ1) is 11.3. The van der Waals surface area contributed by atoms with Gasteiger partial charge in [-0.05, 0) is 44.4 Å². The van der Waals surface area contributed by atoms with Gasteiger partial charge >= 0.3 is 0 Å². The first-order valence-corrected chi connectivity index (χ1v) is 5.82. The van der Waals surface area contributed by atoms with Crippen LogP contribution in [-0.2, 0) is 4.74 Å². The quantitative estimate of drug-likeness (QED) is 0.753. The highest BCUT2D eigenvalue weighted by Gasteiger charge is 2.27. The summed E-state index contributed by atoms with van der Waals surface area (Å²) >= 11 is 0. The van der Waals surface area contributed by atoms with Gasteiger partial charge in [-0.2, -0.15) is 0 Å². The number of nitrogen functional groups attached to an aromatic ring is 1. The fourth-order valence-electron chi connectivity index (χ4n) is 2.15. The highest BCUT2D eigenvalue weighted by molar-refractivity contribution is 5.63. The van der Waals surface area contributed by atoms with Crippen molar-refractivity contribution >= 4 is 11.4 Å². The summed E-state index contributed by atoms with van der Waals surface area (Å²) < 4.78 is 5.53. The van der Waals surface area contributed by atoms with E-state index in [-0.39, 0.29) is 5.54 Å². The maximum Gasteiger partial charge on any atom is 0.0693 e. The summed E-state index contributed by atoms with van der Waals surface area (Å²) in [5.74, 6) is 0. The largest absolute Gasteiger partial charge is 0.398 e. The van der Waals surface area contributed by atoms with Gasteiger partial charge in [-0.3, -0.25) is 0 Å². The molecule has 1 unspecified atom stereocenters. The predicted molar refractivity (Wildman–Crippen MR) is 67.7 cm³/mol. The SMILES string of the molecule is Cc1c(N)cccc1NC1(C)CCCOC1. The Bertz CT molecular complexity index is 370. The van der Waals surface area contributed by atoms with Crippen LogP contribution in [-0.4, -0.2) is 18.8 Å². The summed E-state index contributed by atoms with van der Waals surface area (Å²) in [5.41, 5.74) is 9.01. The zero-order chi connectivity index (χ0) is 11.6. The Morgan fingerprint density at radius 3 is 2.94 bits per heavy atom. The molecule has 1 fully saturated rings. The third-order valence-corrected chi connectivity index (χ3v) is 3.25. The number of ether oxygens (including phenoxy) is 1. The number of benzene rings is 1. The van der Waals surface area contributed by atoms with Gasteiger partial charge in [-0.25, -0.2) is 0 Å². The van der Waals surface area contributed by atoms with Gasteiger partial charge in [0.25, 0.3) is 0 Å². The van der Waals surface area contributed by atoms with Gasteiger partial charge in [-0.15, -0.1) is 0 Å². The third-order valence-electron chi connectivity index (χ3n) is 3.25. The van der Waals surface area contributed by atoms with Crippen molar-refractivity contribution in [1.29, 1.82) is 0 Å². The van der Waals surface area contributed by atoms with Crippen LogP contribution >= 0.6 is 0 Å². The molecule has 16 heavy (non-hydrogen) atoms. The van der Waals surface area contributed by atoms with Gasteiger partial charge in [0, 0.05) is 18.0 Å². The van der Waals surface area contributed by atoms with Crippen molar-refractivity contribution in [2.45, 2.75) is 32.2 Å². The molecule has 1 atom stereocenters.